The van der Waals surface area contributed by atoms with Crippen LogP contribution in [0.25, 0.3) is 0 Å². The number of carbonyl (C=O) groups is 2. The first-order valence-corrected chi connectivity index (χ1v) is 8.94. The summed E-state index contributed by atoms with van der Waals surface area (Å²) in [6, 6.07) is 7.77. The summed E-state index contributed by atoms with van der Waals surface area (Å²) in [7, 11) is 0. The molecule has 1 fully saturated rings. The molecule has 3 rings (SSSR count). The zero-order valence-electron chi connectivity index (χ0n) is 15.3. The predicted octanol–water partition coefficient (Wildman–Crippen LogP) is 3.90. The van der Waals surface area contributed by atoms with E-state index in [1.165, 1.54) is 12.1 Å². The molecule has 0 spiro atoms. The Kier molecular flexibility index (Phi) is 5.67. The Bertz CT molecular complexity index is 840. The summed E-state index contributed by atoms with van der Waals surface area (Å²) in [6.45, 7) is 2.65. The molecule has 1 saturated heterocycles. The highest BCUT2D eigenvalue weighted by molar-refractivity contribution is 5.95. The van der Waals surface area contributed by atoms with E-state index in [1.54, 1.807) is 17.2 Å². The average Bonchev–Trinajstić information content (AvgIpc) is 2.69. The highest BCUT2D eigenvalue weighted by atomic mass is 19.4. The lowest BCUT2D eigenvalue weighted by Gasteiger charge is -2.31. The second-order valence-electron chi connectivity index (χ2n) is 6.85. The summed E-state index contributed by atoms with van der Waals surface area (Å²) in [5.41, 5.74) is 0.414. The zero-order chi connectivity index (χ0) is 20.3. The predicted molar refractivity (Wildman–Crippen MR) is 97.7 cm³/mol. The van der Waals surface area contributed by atoms with Crippen molar-refractivity contribution in [2.45, 2.75) is 25.9 Å². The topological polar surface area (TPSA) is 62.3 Å². The molecule has 2 amide bonds. The molecule has 148 valence electrons. The maximum absolute atomic E-state index is 12.6. The van der Waals surface area contributed by atoms with E-state index in [0.29, 0.717) is 31.7 Å². The maximum atomic E-state index is 12.6. The highest BCUT2D eigenvalue weighted by Crippen LogP contribution is 2.29. The molecule has 5 nitrogen and oxygen atoms in total. The normalized spacial score (nSPS) is 15.4. The first kappa shape index (κ1) is 19.9. The fraction of sp³-hybridized carbons (Fsp3) is 0.350. The first-order valence-electron chi connectivity index (χ1n) is 8.94. The standard InChI is InChI=1S/C20H20F3N3O2/c1-13-2-7-17(24-12-13)25-18(27)14-8-10-26(11-9-14)19(28)15-3-5-16(6-4-15)20(21,22)23/h2-7,12,14H,8-11H2,1H3,(H,24,25,27). The second kappa shape index (κ2) is 8.00. The Hall–Kier alpha value is -2.90. The van der Waals surface area contributed by atoms with Gasteiger partial charge in [0.15, 0.2) is 0 Å². The minimum absolute atomic E-state index is 0.141. The lowest BCUT2D eigenvalue weighted by Crippen LogP contribution is -2.41. The number of alkyl halides is 3. The third-order valence-corrected chi connectivity index (χ3v) is 4.77. The summed E-state index contributed by atoms with van der Waals surface area (Å²) < 4.78 is 37.9. The number of nitrogens with one attached hydrogen (secondary N) is 1. The van der Waals surface area contributed by atoms with Crippen molar-refractivity contribution >= 4 is 17.6 Å². The average molecular weight is 391 g/mol. The van der Waals surface area contributed by atoms with Crippen molar-refractivity contribution in [2.24, 2.45) is 5.92 Å². The molecule has 0 aliphatic carbocycles. The van der Waals surface area contributed by atoms with E-state index < -0.39 is 11.7 Å². The molecule has 28 heavy (non-hydrogen) atoms. The van der Waals surface area contributed by atoms with Gasteiger partial charge in [-0.15, -0.1) is 0 Å². The van der Waals surface area contributed by atoms with Crippen molar-refractivity contribution < 1.29 is 22.8 Å². The van der Waals surface area contributed by atoms with Gasteiger partial charge in [0, 0.05) is 30.8 Å². The molecule has 0 bridgehead atoms. The molecule has 8 heteroatoms. The van der Waals surface area contributed by atoms with Crippen LogP contribution in [0.4, 0.5) is 19.0 Å². The molecule has 2 heterocycles. The van der Waals surface area contributed by atoms with Crippen LogP contribution >= 0.6 is 0 Å². The number of anilines is 1. The number of rotatable bonds is 3. The van der Waals surface area contributed by atoms with E-state index in [-0.39, 0.29) is 23.3 Å². The van der Waals surface area contributed by atoms with Gasteiger partial charge >= 0.3 is 6.18 Å². The smallest absolute Gasteiger partial charge is 0.339 e. The molecule has 0 saturated carbocycles. The van der Waals surface area contributed by atoms with Crippen LogP contribution in [0.5, 0.6) is 0 Å². The van der Waals surface area contributed by atoms with Gasteiger partial charge in [-0.2, -0.15) is 13.2 Å². The molecule has 0 unspecified atom stereocenters. The van der Waals surface area contributed by atoms with Gasteiger partial charge in [0.2, 0.25) is 5.91 Å². The van der Waals surface area contributed by atoms with Crippen LogP contribution in [0.15, 0.2) is 42.6 Å². The summed E-state index contributed by atoms with van der Waals surface area (Å²) in [6.07, 6.45) is -1.78. The van der Waals surface area contributed by atoms with Crippen molar-refractivity contribution in [3.8, 4) is 0 Å². The van der Waals surface area contributed by atoms with Crippen LogP contribution in [0, 0.1) is 12.8 Å². The fourth-order valence-corrected chi connectivity index (χ4v) is 3.10. The Labute approximate surface area is 160 Å². The van der Waals surface area contributed by atoms with Crippen molar-refractivity contribution in [1.82, 2.24) is 9.88 Å². The first-order chi connectivity index (χ1) is 13.2. The summed E-state index contributed by atoms with van der Waals surface area (Å²) in [5, 5.41) is 2.77. The number of piperidine rings is 1. The lowest BCUT2D eigenvalue weighted by atomic mass is 9.95. The number of amides is 2. The number of hydrogen-bond donors (Lipinski definition) is 1. The van der Waals surface area contributed by atoms with E-state index in [0.717, 1.165) is 17.7 Å². The Morgan fingerprint density at radius 2 is 1.71 bits per heavy atom. The number of nitrogens with zero attached hydrogens (tertiary/aromatic N) is 2. The second-order valence-corrected chi connectivity index (χ2v) is 6.85. The maximum Gasteiger partial charge on any atom is 0.416 e. The van der Waals surface area contributed by atoms with Gasteiger partial charge in [-0.1, -0.05) is 6.07 Å². The lowest BCUT2D eigenvalue weighted by molar-refractivity contribution is -0.137. The SMILES string of the molecule is Cc1ccc(NC(=O)C2CCN(C(=O)c3ccc(C(F)(F)F)cc3)CC2)nc1. The van der Waals surface area contributed by atoms with E-state index in [1.807, 2.05) is 13.0 Å². The molecule has 1 aromatic heterocycles. The van der Waals surface area contributed by atoms with Gasteiger partial charge in [-0.05, 0) is 55.7 Å². The number of aryl methyl sites for hydroxylation is 1. The molecular formula is C20H20F3N3O2. The van der Waals surface area contributed by atoms with Gasteiger partial charge < -0.3 is 10.2 Å². The summed E-state index contributed by atoms with van der Waals surface area (Å²) in [5.74, 6) is -0.218. The minimum atomic E-state index is -4.43. The Morgan fingerprint density at radius 3 is 2.25 bits per heavy atom. The third kappa shape index (κ3) is 4.68. The van der Waals surface area contributed by atoms with Crippen LogP contribution < -0.4 is 5.32 Å². The number of pyridine rings is 1. The van der Waals surface area contributed by atoms with Crippen LogP contribution in [0.3, 0.4) is 0 Å². The summed E-state index contributed by atoms with van der Waals surface area (Å²) >= 11 is 0. The Balaban J connectivity index is 1.55. The van der Waals surface area contributed by atoms with Crippen molar-refractivity contribution in [2.75, 3.05) is 18.4 Å². The number of aromatic nitrogens is 1. The third-order valence-electron chi connectivity index (χ3n) is 4.77. The van der Waals surface area contributed by atoms with Crippen molar-refractivity contribution in [3.63, 3.8) is 0 Å². The quantitative estimate of drug-likeness (QED) is 0.863. The molecule has 1 N–H and O–H groups in total. The van der Waals surface area contributed by atoms with Gasteiger partial charge in [0.1, 0.15) is 5.82 Å². The van der Waals surface area contributed by atoms with Crippen LogP contribution in [-0.4, -0.2) is 34.8 Å². The monoisotopic (exact) mass is 391 g/mol. The molecule has 2 aromatic rings. The van der Waals surface area contributed by atoms with Crippen LogP contribution in [0.2, 0.25) is 0 Å². The molecule has 1 aliphatic rings. The number of likely N-dealkylation sites (tertiary alicyclic amines) is 1. The van der Waals surface area contributed by atoms with Gasteiger partial charge in [0.25, 0.3) is 5.91 Å². The largest absolute Gasteiger partial charge is 0.416 e. The van der Waals surface area contributed by atoms with Crippen LogP contribution in [-0.2, 0) is 11.0 Å². The molecule has 0 atom stereocenters. The fourth-order valence-electron chi connectivity index (χ4n) is 3.10. The van der Waals surface area contributed by atoms with Gasteiger partial charge in [0.05, 0.1) is 5.56 Å². The number of halogens is 3. The highest BCUT2D eigenvalue weighted by Gasteiger charge is 2.31. The molecule has 0 radical (unpaired) electrons. The van der Waals surface area contributed by atoms with Crippen molar-refractivity contribution in [3.05, 3.63) is 59.3 Å². The van der Waals surface area contributed by atoms with E-state index in [2.05, 4.69) is 10.3 Å². The van der Waals surface area contributed by atoms with Crippen molar-refractivity contribution in [1.29, 1.82) is 0 Å². The van der Waals surface area contributed by atoms with Gasteiger partial charge in [-0.25, -0.2) is 4.98 Å². The Morgan fingerprint density at radius 1 is 1.07 bits per heavy atom. The molecule has 1 aromatic carbocycles. The van der Waals surface area contributed by atoms with Crippen LogP contribution in [0.1, 0.15) is 34.3 Å². The number of benzene rings is 1. The minimum Gasteiger partial charge on any atom is -0.339 e. The number of hydrogen-bond acceptors (Lipinski definition) is 3. The molecule has 1 aliphatic heterocycles. The van der Waals surface area contributed by atoms with E-state index in [4.69, 9.17) is 0 Å². The zero-order valence-corrected chi connectivity index (χ0v) is 15.3. The van der Waals surface area contributed by atoms with E-state index in [9.17, 15) is 22.8 Å². The van der Waals surface area contributed by atoms with E-state index >= 15 is 0 Å². The number of carbonyl (C=O) groups excluding carboxylic acids is 2. The summed E-state index contributed by atoms with van der Waals surface area (Å²) in [4.78, 5) is 30.6. The van der Waals surface area contributed by atoms with Gasteiger partial charge in [-0.3, -0.25) is 9.59 Å². The molecular weight excluding hydrogens is 371 g/mol.